The first-order valence-corrected chi connectivity index (χ1v) is 11.5. The van der Waals surface area contributed by atoms with Crippen LogP contribution in [0.25, 0.3) is 5.57 Å². The summed E-state index contributed by atoms with van der Waals surface area (Å²) < 4.78 is 6.12. The fourth-order valence-corrected chi connectivity index (χ4v) is 4.63. The molecule has 0 fully saturated rings. The lowest BCUT2D eigenvalue weighted by Crippen LogP contribution is -2.09. The van der Waals surface area contributed by atoms with E-state index in [1.165, 1.54) is 22.3 Å². The summed E-state index contributed by atoms with van der Waals surface area (Å²) >= 11 is 5.28. The third-order valence-corrected chi connectivity index (χ3v) is 6.48. The Kier molecular flexibility index (Phi) is 8.17. The lowest BCUT2D eigenvalue weighted by Gasteiger charge is -2.13. The standard InChI is InChI=1S/C25H23BrO3S/c1-2-18-8-6-7-11-21(18)22(19-9-4-3-5-10-19)14-15-30-24-13-12-20(16-23(24)26)29-17-25(27)28/h3-14,16H,2,15,17H2,1H3,(H,27,28). The molecule has 1 N–H and O–H groups in total. The van der Waals surface area contributed by atoms with Gasteiger partial charge >= 0.3 is 5.97 Å². The Bertz CT molecular complexity index is 1030. The van der Waals surface area contributed by atoms with Crippen LogP contribution in [0.3, 0.4) is 0 Å². The van der Waals surface area contributed by atoms with Crippen molar-refractivity contribution in [3.63, 3.8) is 0 Å². The number of ether oxygens (including phenoxy) is 1. The predicted molar refractivity (Wildman–Crippen MR) is 127 cm³/mol. The zero-order valence-corrected chi connectivity index (χ0v) is 19.1. The second-order valence-electron chi connectivity index (χ2n) is 6.58. The minimum Gasteiger partial charge on any atom is -0.482 e. The minimum absolute atomic E-state index is 0.348. The van der Waals surface area contributed by atoms with Gasteiger partial charge in [0.1, 0.15) is 5.75 Å². The van der Waals surface area contributed by atoms with Gasteiger partial charge in [-0.25, -0.2) is 4.79 Å². The highest BCUT2D eigenvalue weighted by Gasteiger charge is 2.09. The van der Waals surface area contributed by atoms with E-state index in [4.69, 9.17) is 9.84 Å². The maximum atomic E-state index is 10.7. The number of hydrogen-bond donors (Lipinski definition) is 1. The van der Waals surface area contributed by atoms with E-state index in [-0.39, 0.29) is 6.61 Å². The quantitative estimate of drug-likeness (QED) is 0.344. The average Bonchev–Trinajstić information content (AvgIpc) is 2.77. The number of carboxylic acid groups (broad SMARTS) is 1. The van der Waals surface area contributed by atoms with E-state index >= 15 is 0 Å². The molecule has 0 aliphatic heterocycles. The second-order valence-corrected chi connectivity index (χ2v) is 8.50. The Labute approximate surface area is 189 Å². The van der Waals surface area contributed by atoms with Gasteiger partial charge in [0.25, 0.3) is 0 Å². The first-order chi connectivity index (χ1) is 14.6. The molecule has 3 nitrogen and oxygen atoms in total. The summed E-state index contributed by atoms with van der Waals surface area (Å²) in [6.45, 7) is 1.83. The van der Waals surface area contributed by atoms with E-state index in [2.05, 4.69) is 77.5 Å². The molecule has 30 heavy (non-hydrogen) atoms. The number of hydrogen-bond acceptors (Lipinski definition) is 3. The van der Waals surface area contributed by atoms with Crippen LogP contribution in [0.2, 0.25) is 0 Å². The molecular weight excluding hydrogens is 460 g/mol. The van der Waals surface area contributed by atoms with Gasteiger partial charge in [0.15, 0.2) is 6.61 Å². The van der Waals surface area contributed by atoms with E-state index < -0.39 is 5.97 Å². The topological polar surface area (TPSA) is 46.5 Å². The lowest BCUT2D eigenvalue weighted by molar-refractivity contribution is -0.139. The van der Waals surface area contributed by atoms with E-state index in [1.54, 1.807) is 23.9 Å². The summed E-state index contributed by atoms with van der Waals surface area (Å²) in [5.41, 5.74) is 5.04. The van der Waals surface area contributed by atoms with Crippen molar-refractivity contribution in [2.24, 2.45) is 0 Å². The molecule has 3 rings (SSSR count). The van der Waals surface area contributed by atoms with Gasteiger partial charge in [-0.05, 0) is 62.8 Å². The van der Waals surface area contributed by atoms with Crippen LogP contribution in [0.4, 0.5) is 0 Å². The van der Waals surface area contributed by atoms with Crippen molar-refractivity contribution >= 4 is 39.2 Å². The first kappa shape index (κ1) is 22.2. The molecule has 0 aromatic heterocycles. The Hall–Kier alpha value is -2.50. The summed E-state index contributed by atoms with van der Waals surface area (Å²) in [7, 11) is 0. The van der Waals surface area contributed by atoms with Crippen LogP contribution in [0, 0.1) is 0 Å². The number of benzene rings is 3. The van der Waals surface area contributed by atoms with Crippen LogP contribution < -0.4 is 4.74 Å². The first-order valence-electron chi connectivity index (χ1n) is 9.69. The lowest BCUT2D eigenvalue weighted by atomic mass is 9.93. The zero-order chi connectivity index (χ0) is 21.3. The maximum Gasteiger partial charge on any atom is 0.341 e. The monoisotopic (exact) mass is 482 g/mol. The van der Waals surface area contributed by atoms with Gasteiger partial charge < -0.3 is 9.84 Å². The molecule has 5 heteroatoms. The van der Waals surface area contributed by atoms with Crippen molar-refractivity contribution < 1.29 is 14.6 Å². The van der Waals surface area contributed by atoms with Gasteiger partial charge in [-0.15, -0.1) is 11.8 Å². The number of aryl methyl sites for hydroxylation is 1. The van der Waals surface area contributed by atoms with E-state index in [1.807, 2.05) is 12.1 Å². The molecule has 0 amide bonds. The van der Waals surface area contributed by atoms with Crippen molar-refractivity contribution in [3.8, 4) is 5.75 Å². The highest BCUT2D eigenvalue weighted by Crippen LogP contribution is 2.33. The number of thioether (sulfide) groups is 1. The third-order valence-electron chi connectivity index (χ3n) is 4.57. The summed E-state index contributed by atoms with van der Waals surface area (Å²) in [4.78, 5) is 11.7. The molecule has 154 valence electrons. The average molecular weight is 483 g/mol. The van der Waals surface area contributed by atoms with Gasteiger partial charge in [0.05, 0.1) is 0 Å². The molecule has 0 unspecified atom stereocenters. The van der Waals surface area contributed by atoms with E-state index in [0.29, 0.717) is 5.75 Å². The normalized spacial score (nSPS) is 11.3. The fourth-order valence-electron chi connectivity index (χ4n) is 3.14. The molecule has 0 bridgehead atoms. The number of rotatable bonds is 9. The van der Waals surface area contributed by atoms with Gasteiger partial charge in [-0.2, -0.15) is 0 Å². The van der Waals surface area contributed by atoms with E-state index in [0.717, 1.165) is 21.5 Å². The van der Waals surface area contributed by atoms with Crippen molar-refractivity contribution in [1.29, 1.82) is 0 Å². The molecule has 0 radical (unpaired) electrons. The predicted octanol–water partition coefficient (Wildman–Crippen LogP) is 6.70. The van der Waals surface area contributed by atoms with E-state index in [9.17, 15) is 4.79 Å². The number of carbonyl (C=O) groups is 1. The van der Waals surface area contributed by atoms with Crippen LogP contribution in [0.1, 0.15) is 23.6 Å². The molecule has 3 aromatic carbocycles. The summed E-state index contributed by atoms with van der Waals surface area (Å²) in [6.07, 6.45) is 3.26. The minimum atomic E-state index is -0.990. The summed E-state index contributed by atoms with van der Waals surface area (Å²) in [6, 6.07) is 24.6. The van der Waals surface area contributed by atoms with Crippen LogP contribution in [0.15, 0.2) is 88.2 Å². The Morgan fingerprint density at radius 2 is 1.80 bits per heavy atom. The molecule has 3 aromatic rings. The summed E-state index contributed by atoms with van der Waals surface area (Å²) in [5.74, 6) is 0.345. The molecule has 0 saturated heterocycles. The van der Waals surface area contributed by atoms with Gasteiger partial charge in [-0.3, -0.25) is 0 Å². The van der Waals surface area contributed by atoms with Crippen LogP contribution in [-0.2, 0) is 11.2 Å². The number of halogens is 1. The van der Waals surface area contributed by atoms with Crippen LogP contribution in [0.5, 0.6) is 5.75 Å². The smallest absolute Gasteiger partial charge is 0.341 e. The molecule has 0 spiro atoms. The highest BCUT2D eigenvalue weighted by molar-refractivity contribution is 9.10. The van der Waals surface area contributed by atoms with Crippen LogP contribution in [-0.4, -0.2) is 23.4 Å². The Balaban J connectivity index is 1.81. The van der Waals surface area contributed by atoms with Crippen LogP contribution >= 0.6 is 27.7 Å². The summed E-state index contributed by atoms with van der Waals surface area (Å²) in [5, 5.41) is 8.74. The molecule has 0 aliphatic carbocycles. The van der Waals surface area contributed by atoms with Crippen molar-refractivity contribution in [3.05, 3.63) is 100 Å². The third kappa shape index (κ3) is 6.00. The Morgan fingerprint density at radius 3 is 2.50 bits per heavy atom. The molecule has 0 heterocycles. The molecule has 0 aliphatic rings. The SMILES string of the molecule is CCc1ccccc1C(=CCSc1ccc(OCC(=O)O)cc1Br)c1ccccc1. The van der Waals surface area contributed by atoms with Gasteiger partial charge in [0.2, 0.25) is 0 Å². The van der Waals surface area contributed by atoms with Crippen molar-refractivity contribution in [1.82, 2.24) is 0 Å². The largest absolute Gasteiger partial charge is 0.482 e. The number of carboxylic acids is 1. The van der Waals surface area contributed by atoms with Crippen molar-refractivity contribution in [2.45, 2.75) is 18.2 Å². The molecular formula is C25H23BrO3S. The Morgan fingerprint density at radius 1 is 1.07 bits per heavy atom. The van der Waals surface area contributed by atoms with Crippen molar-refractivity contribution in [2.75, 3.05) is 12.4 Å². The number of aliphatic carboxylic acids is 1. The fraction of sp³-hybridized carbons (Fsp3) is 0.160. The molecule has 0 saturated carbocycles. The highest BCUT2D eigenvalue weighted by atomic mass is 79.9. The molecule has 0 atom stereocenters. The van der Waals surface area contributed by atoms with Gasteiger partial charge in [-0.1, -0.05) is 67.6 Å². The maximum absolute atomic E-state index is 10.7. The van der Waals surface area contributed by atoms with Gasteiger partial charge in [0, 0.05) is 15.1 Å². The zero-order valence-electron chi connectivity index (χ0n) is 16.7. The second kappa shape index (κ2) is 11.0.